The zero-order chi connectivity index (χ0) is 14.5. The lowest BCUT2D eigenvalue weighted by molar-refractivity contribution is 0.0978. The highest BCUT2D eigenvalue weighted by Gasteiger charge is 2.23. The van der Waals surface area contributed by atoms with E-state index in [0.29, 0.717) is 18.1 Å². The van der Waals surface area contributed by atoms with Gasteiger partial charge in [0, 0.05) is 12.0 Å². The molecule has 0 saturated heterocycles. The summed E-state index contributed by atoms with van der Waals surface area (Å²) in [6, 6.07) is 18.6. The van der Waals surface area contributed by atoms with Crippen LogP contribution < -0.4 is 0 Å². The van der Waals surface area contributed by atoms with Gasteiger partial charge in [0.2, 0.25) is 0 Å². The number of aryl methyl sites for hydroxylation is 1. The zero-order valence-corrected chi connectivity index (χ0v) is 12.4. The molecule has 1 saturated carbocycles. The van der Waals surface area contributed by atoms with E-state index in [1.807, 2.05) is 18.2 Å². The van der Waals surface area contributed by atoms with Crippen molar-refractivity contribution in [2.45, 2.75) is 44.4 Å². The van der Waals surface area contributed by atoms with Gasteiger partial charge in [0.1, 0.15) is 0 Å². The number of benzene rings is 2. The minimum Gasteiger partial charge on any atom is -0.294 e. The van der Waals surface area contributed by atoms with E-state index in [0.717, 1.165) is 18.4 Å². The average molecular weight is 278 g/mol. The summed E-state index contributed by atoms with van der Waals surface area (Å²) in [6.07, 6.45) is 6.36. The molecule has 21 heavy (non-hydrogen) atoms. The van der Waals surface area contributed by atoms with E-state index in [-0.39, 0.29) is 0 Å². The number of rotatable bonds is 6. The van der Waals surface area contributed by atoms with Crippen molar-refractivity contribution < 1.29 is 4.79 Å². The number of hydrogen-bond donors (Lipinski definition) is 0. The fraction of sp³-hybridized carbons (Fsp3) is 0.350. The van der Waals surface area contributed by atoms with Gasteiger partial charge in [0.05, 0.1) is 0 Å². The molecule has 2 aromatic carbocycles. The van der Waals surface area contributed by atoms with E-state index in [1.54, 1.807) is 0 Å². The van der Waals surface area contributed by atoms with Gasteiger partial charge in [-0.15, -0.1) is 0 Å². The van der Waals surface area contributed by atoms with Crippen LogP contribution in [0.15, 0.2) is 54.6 Å². The van der Waals surface area contributed by atoms with Gasteiger partial charge in [-0.2, -0.15) is 0 Å². The van der Waals surface area contributed by atoms with Crippen molar-refractivity contribution in [2.24, 2.45) is 0 Å². The minimum absolute atomic E-state index is 0.313. The lowest BCUT2D eigenvalue weighted by Gasteiger charge is -2.27. The number of carbonyl (C=O) groups is 1. The largest absolute Gasteiger partial charge is 0.294 e. The first-order valence-electron chi connectivity index (χ1n) is 8.00. The molecular formula is C20H22O. The molecule has 1 aliphatic rings. The third-order valence-electron chi connectivity index (χ3n) is 4.52. The molecule has 0 spiro atoms. The number of Topliss-reactive ketones (excluding diaryl/α,β-unsaturated/α-hetero) is 1. The Bertz CT molecular complexity index is 596. The highest BCUT2D eigenvalue weighted by molar-refractivity contribution is 5.97. The second-order valence-electron chi connectivity index (χ2n) is 5.98. The lowest BCUT2D eigenvalue weighted by atomic mass is 9.77. The molecule has 0 heterocycles. The summed E-state index contributed by atoms with van der Waals surface area (Å²) < 4.78 is 0. The van der Waals surface area contributed by atoms with Crippen LogP contribution >= 0.6 is 0 Å². The monoisotopic (exact) mass is 278 g/mol. The Hall–Kier alpha value is -1.89. The van der Waals surface area contributed by atoms with Crippen LogP contribution in [-0.2, 0) is 6.42 Å². The van der Waals surface area contributed by atoms with Crippen LogP contribution in [0.5, 0.6) is 0 Å². The predicted octanol–water partition coefficient (Wildman–Crippen LogP) is 5.16. The van der Waals surface area contributed by atoms with Gasteiger partial charge in [-0.25, -0.2) is 0 Å². The molecule has 1 nitrogen and oxygen atoms in total. The van der Waals surface area contributed by atoms with Crippen LogP contribution in [0.3, 0.4) is 0 Å². The first-order chi connectivity index (χ1) is 10.3. The van der Waals surface area contributed by atoms with Crippen molar-refractivity contribution in [2.75, 3.05) is 0 Å². The molecule has 1 fully saturated rings. The third kappa shape index (κ3) is 3.41. The molecular weight excluding hydrogens is 256 g/mol. The summed E-state index contributed by atoms with van der Waals surface area (Å²) in [4.78, 5) is 12.5. The highest BCUT2D eigenvalue weighted by Crippen LogP contribution is 2.38. The Labute approximate surface area is 127 Å². The van der Waals surface area contributed by atoms with Gasteiger partial charge in [0.25, 0.3) is 0 Å². The number of ketones is 1. The maximum atomic E-state index is 12.5. The van der Waals surface area contributed by atoms with Crippen molar-refractivity contribution in [3.05, 3.63) is 71.3 Å². The first kappa shape index (κ1) is 14.1. The van der Waals surface area contributed by atoms with E-state index in [4.69, 9.17) is 0 Å². The summed E-state index contributed by atoms with van der Waals surface area (Å²) in [5, 5.41) is 0. The predicted molar refractivity (Wildman–Crippen MR) is 86.7 cm³/mol. The van der Waals surface area contributed by atoms with E-state index in [9.17, 15) is 4.79 Å². The molecule has 1 heteroatoms. The summed E-state index contributed by atoms with van der Waals surface area (Å²) in [7, 11) is 0. The van der Waals surface area contributed by atoms with E-state index in [1.165, 1.54) is 30.4 Å². The molecule has 3 rings (SSSR count). The molecule has 0 unspecified atom stereocenters. The smallest absolute Gasteiger partial charge is 0.163 e. The van der Waals surface area contributed by atoms with Crippen LogP contribution in [0.1, 0.15) is 59.5 Å². The van der Waals surface area contributed by atoms with Gasteiger partial charge >= 0.3 is 0 Å². The Morgan fingerprint density at radius 1 is 0.952 bits per heavy atom. The van der Waals surface area contributed by atoms with Crippen molar-refractivity contribution in [1.29, 1.82) is 0 Å². The van der Waals surface area contributed by atoms with Crippen molar-refractivity contribution in [3.8, 4) is 0 Å². The second-order valence-corrected chi connectivity index (χ2v) is 5.98. The standard InChI is InChI=1S/C20H22O/c21-20(15-6-10-16-8-2-1-3-9-16)19-14-5-4-13-18(19)17-11-7-12-17/h1-5,8-9,13-14,17H,6-7,10-12,15H2. The molecule has 0 aliphatic heterocycles. The number of hydrogen-bond acceptors (Lipinski definition) is 1. The molecule has 0 aromatic heterocycles. The topological polar surface area (TPSA) is 17.1 Å². The van der Waals surface area contributed by atoms with Gasteiger partial charge in [0.15, 0.2) is 5.78 Å². The maximum Gasteiger partial charge on any atom is 0.163 e. The average Bonchev–Trinajstić information content (AvgIpc) is 2.47. The first-order valence-corrected chi connectivity index (χ1v) is 8.00. The van der Waals surface area contributed by atoms with Gasteiger partial charge in [-0.1, -0.05) is 61.0 Å². The van der Waals surface area contributed by atoms with Crippen LogP contribution in [0.25, 0.3) is 0 Å². The quantitative estimate of drug-likeness (QED) is 0.667. The Balaban J connectivity index is 1.60. The van der Waals surface area contributed by atoms with Crippen LogP contribution in [0.2, 0.25) is 0 Å². The SMILES string of the molecule is O=C(CCCc1ccccc1)c1ccccc1C1CCC1. The summed E-state index contributed by atoms with van der Waals surface area (Å²) >= 11 is 0. The maximum absolute atomic E-state index is 12.5. The Morgan fingerprint density at radius 2 is 1.67 bits per heavy atom. The molecule has 108 valence electrons. The second kappa shape index (κ2) is 6.71. The van der Waals surface area contributed by atoms with E-state index in [2.05, 4.69) is 36.4 Å². The van der Waals surface area contributed by atoms with Crippen molar-refractivity contribution in [1.82, 2.24) is 0 Å². The normalized spacial score (nSPS) is 14.7. The fourth-order valence-electron chi connectivity index (χ4n) is 3.06. The summed E-state index contributed by atoms with van der Waals surface area (Å²) in [5.74, 6) is 0.938. The molecule has 0 N–H and O–H groups in total. The fourth-order valence-corrected chi connectivity index (χ4v) is 3.06. The van der Waals surface area contributed by atoms with Crippen LogP contribution in [0, 0.1) is 0 Å². The van der Waals surface area contributed by atoms with Crippen molar-refractivity contribution in [3.63, 3.8) is 0 Å². The molecule has 2 aromatic rings. The van der Waals surface area contributed by atoms with E-state index >= 15 is 0 Å². The van der Waals surface area contributed by atoms with E-state index < -0.39 is 0 Å². The number of carbonyl (C=O) groups excluding carboxylic acids is 1. The Kier molecular flexibility index (Phi) is 4.49. The molecule has 0 bridgehead atoms. The third-order valence-corrected chi connectivity index (χ3v) is 4.52. The highest BCUT2D eigenvalue weighted by atomic mass is 16.1. The molecule has 0 amide bonds. The van der Waals surface area contributed by atoms with Crippen molar-refractivity contribution >= 4 is 5.78 Å². The molecule has 0 atom stereocenters. The van der Waals surface area contributed by atoms with Gasteiger partial charge in [-0.05, 0) is 42.7 Å². The van der Waals surface area contributed by atoms with Gasteiger partial charge < -0.3 is 0 Å². The van der Waals surface area contributed by atoms with Gasteiger partial charge in [-0.3, -0.25) is 4.79 Å². The van der Waals surface area contributed by atoms with Crippen LogP contribution in [-0.4, -0.2) is 5.78 Å². The summed E-state index contributed by atoms with van der Waals surface area (Å²) in [6.45, 7) is 0. The molecule has 1 aliphatic carbocycles. The zero-order valence-electron chi connectivity index (χ0n) is 12.4. The molecule has 0 radical (unpaired) electrons. The summed E-state index contributed by atoms with van der Waals surface area (Å²) in [5.41, 5.74) is 3.57. The minimum atomic E-state index is 0.313. The Morgan fingerprint density at radius 3 is 2.38 bits per heavy atom. The lowest BCUT2D eigenvalue weighted by Crippen LogP contribution is -2.14. The van der Waals surface area contributed by atoms with Crippen LogP contribution in [0.4, 0.5) is 0 Å².